The van der Waals surface area contributed by atoms with E-state index in [-0.39, 0.29) is 0 Å². The molecule has 104 valence electrons. The molecule has 0 radical (unpaired) electrons. The van der Waals surface area contributed by atoms with Crippen molar-refractivity contribution in [3.05, 3.63) is 0 Å². The predicted molar refractivity (Wildman–Crippen MR) is 76.8 cm³/mol. The molecule has 1 heterocycles. The second-order valence-corrected chi connectivity index (χ2v) is 6.99. The van der Waals surface area contributed by atoms with Gasteiger partial charge < -0.3 is 5.32 Å². The van der Waals surface area contributed by atoms with Crippen LogP contribution in [0.1, 0.15) is 64.7 Å². The van der Waals surface area contributed by atoms with Crippen molar-refractivity contribution in [2.24, 2.45) is 5.92 Å². The summed E-state index contributed by atoms with van der Waals surface area (Å²) in [6.07, 6.45) is 13.0. The van der Waals surface area contributed by atoms with Gasteiger partial charge in [-0.3, -0.25) is 4.90 Å². The Morgan fingerprint density at radius 3 is 2.56 bits per heavy atom. The van der Waals surface area contributed by atoms with Gasteiger partial charge in [-0.2, -0.15) is 0 Å². The molecule has 3 rings (SSSR count). The molecule has 3 aliphatic rings. The first kappa shape index (κ1) is 12.9. The monoisotopic (exact) mass is 250 g/mol. The molecule has 1 aliphatic heterocycles. The van der Waals surface area contributed by atoms with E-state index < -0.39 is 0 Å². The van der Waals surface area contributed by atoms with Gasteiger partial charge in [0, 0.05) is 24.7 Å². The Labute approximate surface area is 113 Å². The summed E-state index contributed by atoms with van der Waals surface area (Å²) in [5, 5.41) is 3.90. The first-order valence-corrected chi connectivity index (χ1v) is 8.30. The third kappa shape index (κ3) is 2.60. The van der Waals surface area contributed by atoms with Crippen LogP contribution in [-0.2, 0) is 0 Å². The maximum absolute atomic E-state index is 3.90. The van der Waals surface area contributed by atoms with Gasteiger partial charge >= 0.3 is 0 Å². The summed E-state index contributed by atoms with van der Waals surface area (Å²) >= 11 is 0. The van der Waals surface area contributed by atoms with Gasteiger partial charge in [0.2, 0.25) is 0 Å². The summed E-state index contributed by atoms with van der Waals surface area (Å²) in [4.78, 5) is 2.83. The maximum Gasteiger partial charge on any atom is 0.0309 e. The van der Waals surface area contributed by atoms with Gasteiger partial charge in [-0.15, -0.1) is 0 Å². The summed E-state index contributed by atoms with van der Waals surface area (Å²) in [5.41, 5.74) is 0.505. The SMILES string of the molecule is CCC1CNC2(CCCC2)CN1CCC1CCC1. The molecule has 3 fully saturated rings. The van der Waals surface area contributed by atoms with Crippen LogP contribution in [0.25, 0.3) is 0 Å². The van der Waals surface area contributed by atoms with Crippen molar-refractivity contribution in [2.75, 3.05) is 19.6 Å². The largest absolute Gasteiger partial charge is 0.308 e. The van der Waals surface area contributed by atoms with E-state index in [1.807, 2.05) is 0 Å². The minimum atomic E-state index is 0.505. The third-order valence-electron chi connectivity index (χ3n) is 5.82. The first-order chi connectivity index (χ1) is 8.81. The van der Waals surface area contributed by atoms with E-state index in [2.05, 4.69) is 17.1 Å². The Kier molecular flexibility index (Phi) is 3.95. The van der Waals surface area contributed by atoms with Gasteiger partial charge in [-0.25, -0.2) is 0 Å². The van der Waals surface area contributed by atoms with Gasteiger partial charge in [0.15, 0.2) is 0 Å². The van der Waals surface area contributed by atoms with E-state index in [4.69, 9.17) is 0 Å². The highest BCUT2D eigenvalue weighted by atomic mass is 15.3. The zero-order valence-corrected chi connectivity index (χ0v) is 12.1. The summed E-state index contributed by atoms with van der Waals surface area (Å²) in [6, 6.07) is 0.802. The van der Waals surface area contributed by atoms with Crippen molar-refractivity contribution < 1.29 is 0 Å². The van der Waals surface area contributed by atoms with Crippen molar-refractivity contribution in [2.45, 2.75) is 76.3 Å². The average molecular weight is 250 g/mol. The number of nitrogens with zero attached hydrogens (tertiary/aromatic N) is 1. The van der Waals surface area contributed by atoms with Crippen molar-refractivity contribution in [1.29, 1.82) is 0 Å². The number of hydrogen-bond donors (Lipinski definition) is 1. The van der Waals surface area contributed by atoms with Crippen LogP contribution in [0.15, 0.2) is 0 Å². The van der Waals surface area contributed by atoms with Crippen molar-refractivity contribution in [3.8, 4) is 0 Å². The van der Waals surface area contributed by atoms with E-state index in [0.29, 0.717) is 5.54 Å². The Morgan fingerprint density at radius 1 is 1.17 bits per heavy atom. The fraction of sp³-hybridized carbons (Fsp3) is 1.00. The molecule has 2 saturated carbocycles. The highest BCUT2D eigenvalue weighted by molar-refractivity contribution is 5.00. The van der Waals surface area contributed by atoms with Gasteiger partial charge in [0.05, 0.1) is 0 Å². The zero-order chi connectivity index (χ0) is 12.4. The molecule has 2 nitrogen and oxygen atoms in total. The van der Waals surface area contributed by atoms with Crippen LogP contribution < -0.4 is 5.32 Å². The second-order valence-electron chi connectivity index (χ2n) is 6.99. The molecule has 1 saturated heterocycles. The van der Waals surface area contributed by atoms with Gasteiger partial charge in [-0.1, -0.05) is 39.0 Å². The lowest BCUT2D eigenvalue weighted by molar-refractivity contribution is 0.0684. The van der Waals surface area contributed by atoms with Gasteiger partial charge in [0.25, 0.3) is 0 Å². The molecule has 0 aromatic heterocycles. The zero-order valence-electron chi connectivity index (χ0n) is 12.1. The molecule has 1 unspecified atom stereocenters. The van der Waals surface area contributed by atoms with Crippen LogP contribution in [0.5, 0.6) is 0 Å². The molecule has 1 spiro atoms. The molecular weight excluding hydrogens is 220 g/mol. The summed E-state index contributed by atoms with van der Waals surface area (Å²) in [7, 11) is 0. The highest BCUT2D eigenvalue weighted by Gasteiger charge is 2.40. The lowest BCUT2D eigenvalue weighted by atomic mass is 9.82. The molecule has 1 N–H and O–H groups in total. The summed E-state index contributed by atoms with van der Waals surface area (Å²) in [6.45, 7) is 6.29. The van der Waals surface area contributed by atoms with Crippen molar-refractivity contribution in [1.82, 2.24) is 10.2 Å². The first-order valence-electron chi connectivity index (χ1n) is 8.30. The molecule has 0 aromatic rings. The molecular formula is C16H30N2. The molecule has 0 aromatic carbocycles. The Bertz CT molecular complexity index is 266. The van der Waals surface area contributed by atoms with Crippen LogP contribution in [0.2, 0.25) is 0 Å². The van der Waals surface area contributed by atoms with Crippen LogP contribution in [0, 0.1) is 5.92 Å². The number of rotatable bonds is 4. The van der Waals surface area contributed by atoms with Crippen LogP contribution in [0.3, 0.4) is 0 Å². The topological polar surface area (TPSA) is 15.3 Å². The van der Waals surface area contributed by atoms with E-state index in [9.17, 15) is 0 Å². The van der Waals surface area contributed by atoms with Gasteiger partial charge in [-0.05, 0) is 38.1 Å². The average Bonchev–Trinajstić information content (AvgIpc) is 2.76. The van der Waals surface area contributed by atoms with E-state index >= 15 is 0 Å². The number of piperazine rings is 1. The quantitative estimate of drug-likeness (QED) is 0.824. The molecule has 0 amide bonds. The van der Waals surface area contributed by atoms with E-state index in [1.165, 1.54) is 77.4 Å². The van der Waals surface area contributed by atoms with Crippen LogP contribution in [-0.4, -0.2) is 36.1 Å². The predicted octanol–water partition coefficient (Wildman–Crippen LogP) is 3.17. The van der Waals surface area contributed by atoms with E-state index in [0.717, 1.165) is 12.0 Å². The standard InChI is InChI=1S/C16H30N2/c1-2-15-12-17-16(9-3-4-10-16)13-18(15)11-8-14-6-5-7-14/h14-15,17H,2-13H2,1H3. The van der Waals surface area contributed by atoms with Gasteiger partial charge in [0.1, 0.15) is 0 Å². The number of nitrogens with one attached hydrogen (secondary N) is 1. The summed E-state index contributed by atoms with van der Waals surface area (Å²) in [5.74, 6) is 1.07. The maximum atomic E-state index is 3.90. The fourth-order valence-corrected chi connectivity index (χ4v) is 4.22. The molecule has 1 atom stereocenters. The summed E-state index contributed by atoms with van der Waals surface area (Å²) < 4.78 is 0. The molecule has 2 aliphatic carbocycles. The lowest BCUT2D eigenvalue weighted by Crippen LogP contribution is -2.63. The van der Waals surface area contributed by atoms with Crippen molar-refractivity contribution in [3.63, 3.8) is 0 Å². The van der Waals surface area contributed by atoms with E-state index in [1.54, 1.807) is 0 Å². The van der Waals surface area contributed by atoms with Crippen LogP contribution in [0.4, 0.5) is 0 Å². The van der Waals surface area contributed by atoms with Crippen LogP contribution >= 0.6 is 0 Å². The minimum Gasteiger partial charge on any atom is -0.308 e. The lowest BCUT2D eigenvalue weighted by Gasteiger charge is -2.47. The second kappa shape index (κ2) is 5.50. The van der Waals surface area contributed by atoms with Crippen molar-refractivity contribution >= 4 is 0 Å². The normalized spacial score (nSPS) is 32.8. The fourth-order valence-electron chi connectivity index (χ4n) is 4.22. The molecule has 18 heavy (non-hydrogen) atoms. The number of hydrogen-bond acceptors (Lipinski definition) is 2. The molecule has 2 heteroatoms. The third-order valence-corrected chi connectivity index (χ3v) is 5.82. The smallest absolute Gasteiger partial charge is 0.0309 e. The highest BCUT2D eigenvalue weighted by Crippen LogP contribution is 2.35. The Hall–Kier alpha value is -0.0800. The minimum absolute atomic E-state index is 0.505. The Balaban J connectivity index is 1.56. The molecule has 0 bridgehead atoms. The Morgan fingerprint density at radius 2 is 1.94 bits per heavy atom.